The summed E-state index contributed by atoms with van der Waals surface area (Å²) in [7, 11) is 0. The van der Waals surface area contributed by atoms with E-state index in [1.807, 2.05) is 41.5 Å². The zero-order valence-corrected chi connectivity index (χ0v) is 33.3. The number of aliphatic imine (C=N–C) groups is 2. The van der Waals surface area contributed by atoms with Crippen LogP contribution in [0.2, 0.25) is 0 Å². The summed E-state index contributed by atoms with van der Waals surface area (Å²) in [6.07, 6.45) is 2.71. The first-order valence-corrected chi connectivity index (χ1v) is 15.8. The number of aryl methyl sites for hydroxylation is 2. The van der Waals surface area contributed by atoms with Crippen molar-refractivity contribution in [1.29, 1.82) is 0 Å². The Kier molecular flexibility index (Phi) is 19.7. The molecule has 0 fully saturated rings. The van der Waals surface area contributed by atoms with Crippen LogP contribution in [-0.4, -0.2) is 12.4 Å². The summed E-state index contributed by atoms with van der Waals surface area (Å²) in [5.41, 5.74) is -0.923. The van der Waals surface area contributed by atoms with Crippen LogP contribution in [0, 0.1) is 58.2 Å². The summed E-state index contributed by atoms with van der Waals surface area (Å²) < 4.78 is 132. The van der Waals surface area contributed by atoms with Crippen LogP contribution in [0.1, 0.15) is 76.6 Å². The molecule has 0 amide bonds. The molecule has 55 heavy (non-hydrogen) atoms. The average molecular weight is 859 g/mol. The molecule has 4 rings (SSSR count). The molecule has 0 aliphatic rings. The third-order valence-electron chi connectivity index (χ3n) is 7.71. The summed E-state index contributed by atoms with van der Waals surface area (Å²) in [5.74, 6) is -20.9. The van der Waals surface area contributed by atoms with Crippen molar-refractivity contribution in [2.24, 2.45) is 9.98 Å². The predicted octanol–water partition coefficient (Wildman–Crippen LogP) is 4.18. The van der Waals surface area contributed by atoms with Gasteiger partial charge in [-0.2, -0.15) is 0 Å². The van der Waals surface area contributed by atoms with Gasteiger partial charge in [0.05, 0.1) is 0 Å². The average Bonchev–Trinajstić information content (AvgIpc) is 3.08. The van der Waals surface area contributed by atoms with Gasteiger partial charge in [0, 0.05) is 12.4 Å². The second kappa shape index (κ2) is 21.1. The fourth-order valence-corrected chi connectivity index (χ4v) is 4.91. The van der Waals surface area contributed by atoms with Crippen molar-refractivity contribution < 1.29 is 101 Å². The third-order valence-corrected chi connectivity index (χ3v) is 7.71. The summed E-state index contributed by atoms with van der Waals surface area (Å²) in [6, 6.07) is 10.2. The van der Waals surface area contributed by atoms with Gasteiger partial charge in [0.1, 0.15) is 11.4 Å². The zero-order chi connectivity index (χ0) is 39.3. The molecule has 0 spiro atoms. The summed E-state index contributed by atoms with van der Waals surface area (Å²) in [6.45, 7) is 11.4. The Morgan fingerprint density at radius 1 is 0.473 bits per heavy atom. The second-order valence-electron chi connectivity index (χ2n) is 13.6. The summed E-state index contributed by atoms with van der Waals surface area (Å²) in [5, 5.41) is 24.8. The third kappa shape index (κ3) is 12.2. The predicted molar refractivity (Wildman–Crippen MR) is 175 cm³/mol. The Hall–Kier alpha value is -3.59. The summed E-state index contributed by atoms with van der Waals surface area (Å²) in [4.78, 5) is 6.72. The standard InChI is InChI=1S/2C19H18F5NO.2ClH.Ti/c2*1-19(2,3)11-8-4-6-10(18(11)26)7-5-9-25-17-15(23)13(21)12(20)14(22)16(17)24;;;/h2*4,6,8-9,26H,5,7H2,1-3H3;2*1H;/q;;;;+4/p-4. The van der Waals surface area contributed by atoms with E-state index < -0.39 is 69.5 Å². The van der Waals surface area contributed by atoms with Crippen LogP contribution in [0.3, 0.4) is 0 Å². The maximum absolute atomic E-state index is 13.5. The van der Waals surface area contributed by atoms with E-state index in [1.165, 1.54) is 0 Å². The summed E-state index contributed by atoms with van der Waals surface area (Å²) >= 11 is 0. The quantitative estimate of drug-likeness (QED) is 0.0879. The van der Waals surface area contributed by atoms with E-state index >= 15 is 0 Å². The van der Waals surface area contributed by atoms with Crippen LogP contribution in [0.25, 0.3) is 0 Å². The first kappa shape index (κ1) is 51.4. The Morgan fingerprint density at radius 3 is 0.982 bits per heavy atom. The van der Waals surface area contributed by atoms with Crippen molar-refractivity contribution in [3.05, 3.63) is 117 Å². The number of benzene rings is 4. The molecular weight excluding hydrogens is 825 g/mol. The monoisotopic (exact) mass is 858 g/mol. The van der Waals surface area contributed by atoms with Gasteiger partial charge in [0.2, 0.25) is 11.6 Å². The molecule has 0 bridgehead atoms. The van der Waals surface area contributed by atoms with E-state index in [-0.39, 0.29) is 94.5 Å². The van der Waals surface area contributed by atoms with Gasteiger partial charge in [-0.3, -0.25) is 9.98 Å². The second-order valence-corrected chi connectivity index (χ2v) is 13.6. The maximum atomic E-state index is 13.5. The van der Waals surface area contributed by atoms with Gasteiger partial charge in [0.25, 0.3) is 0 Å². The fraction of sp³-hybridized carbons (Fsp3) is 0.316. The van der Waals surface area contributed by atoms with E-state index in [1.54, 1.807) is 36.4 Å². The van der Waals surface area contributed by atoms with Gasteiger partial charge < -0.3 is 35.0 Å². The number of rotatable bonds is 8. The minimum absolute atomic E-state index is 0. The van der Waals surface area contributed by atoms with E-state index in [0.29, 0.717) is 22.3 Å². The Labute approximate surface area is 339 Å². The van der Waals surface area contributed by atoms with Crippen molar-refractivity contribution in [3.63, 3.8) is 0 Å². The minimum Gasteiger partial charge on any atom is -1.00 e. The van der Waals surface area contributed by atoms with Crippen LogP contribution in [0.5, 0.6) is 11.5 Å². The maximum Gasteiger partial charge on any atom is 4.00 e. The molecule has 0 aromatic heterocycles. The molecule has 4 aromatic rings. The molecule has 0 aliphatic carbocycles. The molecule has 0 saturated carbocycles. The Balaban J connectivity index is 0.00000101. The van der Waals surface area contributed by atoms with Crippen LogP contribution in [0.4, 0.5) is 55.3 Å². The van der Waals surface area contributed by atoms with Crippen molar-refractivity contribution in [2.75, 3.05) is 0 Å². The molecule has 296 valence electrons. The first-order chi connectivity index (χ1) is 24.1. The van der Waals surface area contributed by atoms with E-state index in [9.17, 15) is 54.1 Å². The van der Waals surface area contributed by atoms with Crippen LogP contribution in [0.15, 0.2) is 46.4 Å². The van der Waals surface area contributed by atoms with Gasteiger partial charge in [0.15, 0.2) is 46.5 Å². The van der Waals surface area contributed by atoms with Crippen molar-refractivity contribution >= 4 is 23.8 Å². The molecule has 0 atom stereocenters. The number of hydrogen-bond donors (Lipinski definition) is 0. The smallest absolute Gasteiger partial charge is 1.00 e. The van der Waals surface area contributed by atoms with Gasteiger partial charge in [-0.15, -0.1) is 11.5 Å². The van der Waals surface area contributed by atoms with Crippen molar-refractivity contribution in [2.45, 2.75) is 78.1 Å². The van der Waals surface area contributed by atoms with Gasteiger partial charge in [-0.25, -0.2) is 43.9 Å². The molecule has 0 N–H and O–H groups in total. The fourth-order valence-electron chi connectivity index (χ4n) is 4.91. The van der Waals surface area contributed by atoms with Gasteiger partial charge in [-0.1, -0.05) is 100 Å². The molecule has 0 unspecified atom stereocenters. The number of hydrogen-bond acceptors (Lipinski definition) is 4. The molecule has 17 heteroatoms. The van der Waals surface area contributed by atoms with Gasteiger partial charge in [-0.05, 0) is 36.5 Å². The van der Waals surface area contributed by atoms with Crippen LogP contribution >= 0.6 is 0 Å². The van der Waals surface area contributed by atoms with Crippen LogP contribution in [-0.2, 0) is 45.4 Å². The van der Waals surface area contributed by atoms with Gasteiger partial charge >= 0.3 is 21.7 Å². The molecule has 0 radical (unpaired) electrons. The minimum atomic E-state index is -2.23. The van der Waals surface area contributed by atoms with Crippen molar-refractivity contribution in [1.82, 2.24) is 0 Å². The zero-order valence-electron chi connectivity index (χ0n) is 30.2. The number of nitrogens with zero attached hydrogens (tertiary/aromatic N) is 2. The van der Waals surface area contributed by atoms with Crippen molar-refractivity contribution in [3.8, 4) is 11.5 Å². The van der Waals surface area contributed by atoms with E-state index in [4.69, 9.17) is 0 Å². The first-order valence-electron chi connectivity index (χ1n) is 15.8. The normalized spacial score (nSPS) is 11.5. The largest absolute Gasteiger partial charge is 4.00 e. The van der Waals surface area contributed by atoms with Crippen LogP contribution < -0.4 is 35.0 Å². The Morgan fingerprint density at radius 2 is 0.727 bits per heavy atom. The number of halogens is 12. The molecular formula is C38H34Cl2F10N2O2Ti. The molecule has 4 aromatic carbocycles. The van der Waals surface area contributed by atoms with E-state index in [0.717, 1.165) is 12.4 Å². The molecule has 0 saturated heterocycles. The molecule has 4 nitrogen and oxygen atoms in total. The molecule has 0 heterocycles. The number of para-hydroxylation sites is 2. The SMILES string of the molecule is CC(C)(C)c1cccc(CCC=Nc2c(F)c(F)c(F)c(F)c2F)c1[O-].CC(C)(C)c1cccc(CCC=Nc2c(F)c(F)c(F)c(F)c2F)c1[O-].[Cl-].[Cl-].[Ti+4]. The molecule has 0 aliphatic heterocycles. The Bertz CT molecular complexity index is 1820. The van der Waals surface area contributed by atoms with E-state index in [2.05, 4.69) is 9.98 Å². The topological polar surface area (TPSA) is 70.8 Å².